The van der Waals surface area contributed by atoms with Gasteiger partial charge in [0.2, 0.25) is 0 Å². The van der Waals surface area contributed by atoms with Crippen LogP contribution in [0, 0.1) is 0 Å². The Balaban J connectivity index is 2.29. The Hall–Kier alpha value is 0.167. The topological polar surface area (TPSA) is 0 Å². The van der Waals surface area contributed by atoms with E-state index in [4.69, 9.17) is 0 Å². The Bertz CT molecular complexity index is 241. The monoisotopic (exact) mass is 274 g/mol. The van der Waals surface area contributed by atoms with Gasteiger partial charge in [-0.1, -0.05) is 36.8 Å². The zero-order valence-electron chi connectivity index (χ0n) is 6.39. The van der Waals surface area contributed by atoms with Crippen molar-refractivity contribution in [2.75, 3.05) is 0 Å². The van der Waals surface area contributed by atoms with E-state index in [0.29, 0.717) is 0 Å². The highest BCUT2D eigenvalue weighted by atomic mass is 127. The van der Waals surface area contributed by atoms with Crippen LogP contribution in [0.2, 0.25) is 12.1 Å². The van der Waals surface area contributed by atoms with Crippen LogP contribution in [0.1, 0.15) is 6.42 Å². The quantitative estimate of drug-likeness (QED) is 0.419. The molecule has 1 saturated heterocycles. The molecular weight excluding hydrogens is 263 g/mol. The van der Waals surface area contributed by atoms with E-state index in [2.05, 4.69) is 52.1 Å². The number of benzene rings is 1. The smallest absolute Gasteiger partial charge is 0.113 e. The summed E-state index contributed by atoms with van der Waals surface area (Å²) in [6.07, 6.45) is 1.46. The normalized spacial score (nSPS) is 20.8. The predicted molar refractivity (Wildman–Crippen MR) is 60.1 cm³/mol. The third-order valence-electron chi connectivity index (χ3n) is 2.44. The Morgan fingerprint density at radius 3 is 2.18 bits per heavy atom. The largest absolute Gasteiger partial charge is 0.155 e. The summed E-state index contributed by atoms with van der Waals surface area (Å²) in [7, 11) is 0. The van der Waals surface area contributed by atoms with E-state index >= 15 is 0 Å². The van der Waals surface area contributed by atoms with Gasteiger partial charge in [0, 0.05) is 0 Å². The van der Waals surface area contributed by atoms with Gasteiger partial charge < -0.3 is 0 Å². The minimum absolute atomic E-state index is 0.903. The molecule has 0 radical (unpaired) electrons. The third-order valence-corrected chi connectivity index (χ3v) is 11.2. The lowest BCUT2D eigenvalue weighted by molar-refractivity contribution is 0.947. The molecule has 1 aromatic carbocycles. The van der Waals surface area contributed by atoms with Gasteiger partial charge in [0.1, 0.15) is 0 Å². The summed E-state index contributed by atoms with van der Waals surface area (Å²) in [6, 6.07) is 14.0. The first-order valence-corrected chi connectivity index (χ1v) is 9.59. The van der Waals surface area contributed by atoms with Gasteiger partial charge in [0.25, 0.3) is 0 Å². The van der Waals surface area contributed by atoms with Gasteiger partial charge in [-0.3, -0.25) is 0 Å². The van der Waals surface area contributed by atoms with Crippen molar-refractivity contribution < 1.29 is 0 Å². The van der Waals surface area contributed by atoms with Crippen molar-refractivity contribution in [1.82, 2.24) is 0 Å². The van der Waals surface area contributed by atoms with E-state index < -0.39 is 5.57 Å². The first-order chi connectivity index (χ1) is 5.31. The Morgan fingerprint density at radius 1 is 1.09 bits per heavy atom. The number of hydrogen-bond donors (Lipinski definition) is 0. The Morgan fingerprint density at radius 2 is 1.73 bits per heavy atom. The average Bonchev–Trinajstić information content (AvgIpc) is 2.02. The SMILES string of the molecule is I[Si]1(c2ccccc2)CCC1. The molecule has 0 spiro atoms. The fraction of sp³-hybridized carbons (Fsp3) is 0.333. The molecule has 0 aromatic heterocycles. The van der Waals surface area contributed by atoms with Crippen LogP contribution in [0.5, 0.6) is 0 Å². The van der Waals surface area contributed by atoms with Crippen molar-refractivity contribution in [3.63, 3.8) is 0 Å². The fourth-order valence-corrected chi connectivity index (χ4v) is 7.22. The van der Waals surface area contributed by atoms with Crippen LogP contribution in [-0.2, 0) is 0 Å². The summed E-state index contributed by atoms with van der Waals surface area (Å²) < 4.78 is 0. The predicted octanol–water partition coefficient (Wildman–Crippen LogP) is 2.68. The standard InChI is InChI=1S/C9H11ISi/c10-11(7-4-8-11)9-5-2-1-3-6-9/h1-3,5-6H,4,7-8H2. The van der Waals surface area contributed by atoms with Gasteiger partial charge >= 0.3 is 0 Å². The molecule has 0 aliphatic carbocycles. The molecule has 11 heavy (non-hydrogen) atoms. The Kier molecular flexibility index (Phi) is 2.05. The summed E-state index contributed by atoms with van der Waals surface area (Å²) in [5.74, 6) is 0. The van der Waals surface area contributed by atoms with Crippen molar-refractivity contribution in [2.45, 2.75) is 18.5 Å². The maximum atomic E-state index is 2.73. The van der Waals surface area contributed by atoms with E-state index in [-0.39, 0.29) is 0 Å². The van der Waals surface area contributed by atoms with E-state index in [1.54, 1.807) is 5.19 Å². The lowest BCUT2D eigenvalue weighted by atomic mass is 10.4. The molecule has 0 nitrogen and oxygen atoms in total. The Labute approximate surface area is 81.2 Å². The van der Waals surface area contributed by atoms with Gasteiger partial charge in [-0.05, 0) is 17.3 Å². The summed E-state index contributed by atoms with van der Waals surface area (Å²) in [4.78, 5) is 0. The third kappa shape index (κ3) is 1.38. The molecule has 1 fully saturated rings. The van der Waals surface area contributed by atoms with E-state index in [1.807, 2.05) is 0 Å². The molecule has 0 saturated carbocycles. The molecule has 0 bridgehead atoms. The lowest BCUT2D eigenvalue weighted by Gasteiger charge is -2.34. The molecule has 2 heteroatoms. The van der Waals surface area contributed by atoms with Gasteiger partial charge in [-0.2, -0.15) is 0 Å². The molecule has 1 aliphatic heterocycles. The van der Waals surface area contributed by atoms with Crippen molar-refractivity contribution in [1.29, 1.82) is 0 Å². The molecule has 1 heterocycles. The van der Waals surface area contributed by atoms with E-state index in [9.17, 15) is 0 Å². The highest BCUT2D eigenvalue weighted by Gasteiger charge is 2.38. The van der Waals surface area contributed by atoms with Crippen LogP contribution in [-0.4, -0.2) is 5.57 Å². The maximum absolute atomic E-state index is 2.73. The average molecular weight is 274 g/mol. The second kappa shape index (κ2) is 2.90. The van der Waals surface area contributed by atoms with Gasteiger partial charge in [-0.15, -0.1) is 21.8 Å². The van der Waals surface area contributed by atoms with Crippen LogP contribution < -0.4 is 5.19 Å². The summed E-state index contributed by atoms with van der Waals surface area (Å²) in [5.41, 5.74) is -0.903. The van der Waals surface area contributed by atoms with Crippen molar-refractivity contribution in [2.24, 2.45) is 0 Å². The zero-order valence-corrected chi connectivity index (χ0v) is 9.54. The lowest BCUT2D eigenvalue weighted by Crippen LogP contribution is -2.47. The van der Waals surface area contributed by atoms with Gasteiger partial charge in [-0.25, -0.2) is 0 Å². The summed E-state index contributed by atoms with van der Waals surface area (Å²) >= 11 is 2.73. The van der Waals surface area contributed by atoms with Crippen LogP contribution in [0.3, 0.4) is 0 Å². The number of rotatable bonds is 1. The molecule has 0 amide bonds. The second-order valence-corrected chi connectivity index (χ2v) is 12.9. The second-order valence-electron chi connectivity index (χ2n) is 3.18. The fourth-order valence-electron chi connectivity index (χ4n) is 1.51. The van der Waals surface area contributed by atoms with Crippen molar-refractivity contribution in [3.05, 3.63) is 30.3 Å². The number of halogens is 1. The van der Waals surface area contributed by atoms with Gasteiger partial charge in [0.15, 0.2) is 5.57 Å². The highest BCUT2D eigenvalue weighted by molar-refractivity contribution is 14.1. The first-order valence-electron chi connectivity index (χ1n) is 4.06. The molecular formula is C9H11ISi. The van der Waals surface area contributed by atoms with Crippen molar-refractivity contribution in [3.8, 4) is 0 Å². The molecule has 0 unspecified atom stereocenters. The molecule has 2 rings (SSSR count). The summed E-state index contributed by atoms with van der Waals surface area (Å²) in [5, 5.41) is 1.65. The van der Waals surface area contributed by atoms with E-state index in [0.717, 1.165) is 0 Å². The molecule has 1 aromatic rings. The minimum atomic E-state index is -0.903. The van der Waals surface area contributed by atoms with Gasteiger partial charge in [0.05, 0.1) is 0 Å². The molecule has 58 valence electrons. The minimum Gasteiger partial charge on any atom is -0.113 e. The maximum Gasteiger partial charge on any atom is 0.155 e. The van der Waals surface area contributed by atoms with Crippen LogP contribution in [0.25, 0.3) is 0 Å². The zero-order chi connectivity index (χ0) is 7.73. The van der Waals surface area contributed by atoms with Crippen LogP contribution in [0.4, 0.5) is 0 Å². The number of hydrogen-bond acceptors (Lipinski definition) is 0. The van der Waals surface area contributed by atoms with Crippen LogP contribution in [0.15, 0.2) is 30.3 Å². The molecule has 1 aliphatic rings. The van der Waals surface area contributed by atoms with Crippen molar-refractivity contribution >= 4 is 32.6 Å². The summed E-state index contributed by atoms with van der Waals surface area (Å²) in [6.45, 7) is 0. The molecule has 0 atom stereocenters. The van der Waals surface area contributed by atoms with Crippen LogP contribution >= 0.6 is 21.8 Å². The highest BCUT2D eigenvalue weighted by Crippen LogP contribution is 2.37. The molecule has 0 N–H and O–H groups in total. The first kappa shape index (κ1) is 7.80. The van der Waals surface area contributed by atoms with E-state index in [1.165, 1.54) is 18.5 Å².